The van der Waals surface area contributed by atoms with E-state index >= 15 is 0 Å². The van der Waals surface area contributed by atoms with E-state index < -0.39 is 11.7 Å². The van der Waals surface area contributed by atoms with Gasteiger partial charge >= 0.3 is 6.18 Å². The first kappa shape index (κ1) is 17.9. The van der Waals surface area contributed by atoms with Crippen molar-refractivity contribution in [2.45, 2.75) is 42.3 Å². The fourth-order valence-corrected chi connectivity index (χ4v) is 4.27. The Hall–Kier alpha value is -1.95. The Bertz CT molecular complexity index is 744. The predicted molar refractivity (Wildman–Crippen MR) is 92.3 cm³/mol. The maximum Gasteiger partial charge on any atom is 0.416 e. The molecule has 1 saturated heterocycles. The molecule has 0 radical (unpaired) electrons. The third-order valence-corrected chi connectivity index (χ3v) is 5.48. The minimum Gasteiger partial charge on any atom is -0.331 e. The Balaban J connectivity index is 1.88. The minimum absolute atomic E-state index is 0.00702. The van der Waals surface area contributed by atoms with E-state index in [9.17, 15) is 18.0 Å². The van der Waals surface area contributed by atoms with E-state index in [1.165, 1.54) is 23.9 Å². The van der Waals surface area contributed by atoms with Crippen LogP contribution < -0.4 is 0 Å². The summed E-state index contributed by atoms with van der Waals surface area (Å²) < 4.78 is 38.3. The van der Waals surface area contributed by atoms with Crippen molar-refractivity contribution in [2.24, 2.45) is 0 Å². The number of carbonyl (C=O) groups excluding carboxylic acids is 1. The third-order valence-electron chi connectivity index (χ3n) is 4.23. The van der Waals surface area contributed by atoms with Crippen LogP contribution in [0.5, 0.6) is 0 Å². The molecule has 25 heavy (non-hydrogen) atoms. The van der Waals surface area contributed by atoms with Crippen molar-refractivity contribution < 1.29 is 18.0 Å². The summed E-state index contributed by atoms with van der Waals surface area (Å²) >= 11 is 1.46. The molecule has 2 atom stereocenters. The average Bonchev–Trinajstić information content (AvgIpc) is 2.57. The lowest BCUT2D eigenvalue weighted by atomic mass is 9.91. The van der Waals surface area contributed by atoms with Crippen LogP contribution in [0, 0.1) is 0 Å². The summed E-state index contributed by atoms with van der Waals surface area (Å²) in [5.41, 5.74) is 0.0555. The fourth-order valence-electron chi connectivity index (χ4n) is 3.02. The molecule has 6 heteroatoms. The van der Waals surface area contributed by atoms with Crippen LogP contribution in [0.2, 0.25) is 0 Å². The Kier molecular flexibility index (Phi) is 4.82. The quantitative estimate of drug-likeness (QED) is 0.698. The highest BCUT2D eigenvalue weighted by Gasteiger charge is 2.49. The fraction of sp³-hybridized carbons (Fsp3) is 0.316. The molecule has 1 aliphatic heterocycles. The number of rotatable bonds is 4. The molecule has 2 nitrogen and oxygen atoms in total. The van der Waals surface area contributed by atoms with Crippen LogP contribution in [0.15, 0.2) is 59.5 Å². The Morgan fingerprint density at radius 1 is 1.00 bits per heavy atom. The molecule has 1 fully saturated rings. The Morgan fingerprint density at radius 3 is 2.12 bits per heavy atom. The zero-order valence-electron chi connectivity index (χ0n) is 13.8. The lowest BCUT2D eigenvalue weighted by Crippen LogP contribution is -2.59. The third kappa shape index (κ3) is 3.54. The first-order valence-corrected chi connectivity index (χ1v) is 8.88. The molecule has 3 rings (SSSR count). The van der Waals surface area contributed by atoms with E-state index in [0.29, 0.717) is 0 Å². The average molecular weight is 365 g/mol. The summed E-state index contributed by atoms with van der Waals surface area (Å²) in [5.74, 6) is 0.0220. The second kappa shape index (κ2) is 6.75. The van der Waals surface area contributed by atoms with E-state index in [1.807, 2.05) is 44.2 Å². The molecule has 2 aromatic rings. The second-order valence-electron chi connectivity index (χ2n) is 6.26. The topological polar surface area (TPSA) is 20.3 Å². The molecule has 0 saturated carbocycles. The number of halogens is 3. The van der Waals surface area contributed by atoms with E-state index in [1.54, 1.807) is 4.90 Å². The number of thioether (sulfide) groups is 1. The molecular weight excluding hydrogens is 347 g/mol. The molecule has 0 aliphatic carbocycles. The predicted octanol–water partition coefficient (Wildman–Crippen LogP) is 5.16. The number of carbonyl (C=O) groups is 1. The van der Waals surface area contributed by atoms with Gasteiger partial charge in [0.15, 0.2) is 0 Å². The van der Waals surface area contributed by atoms with Crippen LogP contribution in [0.25, 0.3) is 0 Å². The van der Waals surface area contributed by atoms with Gasteiger partial charge in [0.25, 0.3) is 0 Å². The van der Waals surface area contributed by atoms with Crippen LogP contribution >= 0.6 is 11.8 Å². The van der Waals surface area contributed by atoms with E-state index in [4.69, 9.17) is 0 Å². The molecule has 2 aromatic carbocycles. The van der Waals surface area contributed by atoms with Gasteiger partial charge in [-0.15, -0.1) is 11.8 Å². The summed E-state index contributed by atoms with van der Waals surface area (Å²) in [5, 5.41) is -0.318. The number of amides is 1. The van der Waals surface area contributed by atoms with E-state index in [-0.39, 0.29) is 23.2 Å². The SMILES string of the molecule is CC(C)N1C(=O)[C@@H](Sc2ccccc2)[C@H]1c1ccc(C(F)(F)F)cc1. The smallest absolute Gasteiger partial charge is 0.331 e. The van der Waals surface area contributed by atoms with Gasteiger partial charge in [0.1, 0.15) is 5.25 Å². The number of benzene rings is 2. The molecule has 1 heterocycles. The number of nitrogens with zero attached hydrogens (tertiary/aromatic N) is 1. The maximum atomic E-state index is 12.8. The Labute approximate surface area is 149 Å². The number of likely N-dealkylation sites (tertiary alicyclic amines) is 1. The van der Waals surface area contributed by atoms with Crippen LogP contribution in [-0.2, 0) is 11.0 Å². The summed E-state index contributed by atoms with van der Waals surface area (Å²) in [6.07, 6.45) is -4.36. The lowest BCUT2D eigenvalue weighted by Gasteiger charge is -2.49. The second-order valence-corrected chi connectivity index (χ2v) is 7.47. The van der Waals surface area contributed by atoms with Crippen molar-refractivity contribution in [2.75, 3.05) is 0 Å². The number of hydrogen-bond donors (Lipinski definition) is 0. The normalized spacial score (nSPS) is 20.7. The monoisotopic (exact) mass is 365 g/mol. The van der Waals surface area contributed by atoms with Crippen molar-refractivity contribution in [3.05, 3.63) is 65.7 Å². The molecule has 0 unspecified atom stereocenters. The van der Waals surface area contributed by atoms with Crippen LogP contribution in [0.1, 0.15) is 31.0 Å². The van der Waals surface area contributed by atoms with Gasteiger partial charge in [-0.1, -0.05) is 30.3 Å². The van der Waals surface area contributed by atoms with Crippen LogP contribution in [-0.4, -0.2) is 22.1 Å². The van der Waals surface area contributed by atoms with Crippen molar-refractivity contribution in [1.82, 2.24) is 4.90 Å². The number of alkyl halides is 3. The van der Waals surface area contributed by atoms with Crippen molar-refractivity contribution in [3.63, 3.8) is 0 Å². The van der Waals surface area contributed by atoms with Gasteiger partial charge in [0.2, 0.25) is 5.91 Å². The first-order chi connectivity index (χ1) is 11.8. The van der Waals surface area contributed by atoms with Gasteiger partial charge in [-0.3, -0.25) is 4.79 Å². The van der Waals surface area contributed by atoms with Gasteiger partial charge in [0, 0.05) is 10.9 Å². The van der Waals surface area contributed by atoms with Crippen molar-refractivity contribution in [1.29, 1.82) is 0 Å². The van der Waals surface area contributed by atoms with Gasteiger partial charge in [-0.25, -0.2) is 0 Å². The molecular formula is C19H18F3NOS. The zero-order chi connectivity index (χ0) is 18.2. The van der Waals surface area contributed by atoms with Gasteiger partial charge < -0.3 is 4.90 Å². The minimum atomic E-state index is -4.36. The standard InChI is InChI=1S/C19H18F3NOS/c1-12(2)23-16(13-8-10-14(11-9-13)19(20,21)22)17(18(23)24)25-15-6-4-3-5-7-15/h3-12,16-17H,1-2H3/t16-,17+/m1/s1. The van der Waals surface area contributed by atoms with Gasteiger partial charge in [-0.2, -0.15) is 13.2 Å². The highest BCUT2D eigenvalue weighted by Crippen LogP contribution is 2.46. The molecule has 0 bridgehead atoms. The first-order valence-electron chi connectivity index (χ1n) is 8.00. The van der Waals surface area contributed by atoms with E-state index in [2.05, 4.69) is 0 Å². The highest BCUT2D eigenvalue weighted by atomic mass is 32.2. The summed E-state index contributed by atoms with van der Waals surface area (Å²) in [6.45, 7) is 3.83. The van der Waals surface area contributed by atoms with E-state index in [0.717, 1.165) is 22.6 Å². The molecule has 0 aromatic heterocycles. The van der Waals surface area contributed by atoms with Crippen LogP contribution in [0.4, 0.5) is 13.2 Å². The van der Waals surface area contributed by atoms with Crippen molar-refractivity contribution in [3.8, 4) is 0 Å². The molecule has 132 valence electrons. The van der Waals surface area contributed by atoms with Gasteiger partial charge in [-0.05, 0) is 43.7 Å². The highest BCUT2D eigenvalue weighted by molar-refractivity contribution is 8.00. The molecule has 1 amide bonds. The van der Waals surface area contributed by atoms with Crippen LogP contribution in [0.3, 0.4) is 0 Å². The van der Waals surface area contributed by atoms with Crippen molar-refractivity contribution >= 4 is 17.7 Å². The summed E-state index contributed by atoms with van der Waals surface area (Å²) in [4.78, 5) is 15.3. The summed E-state index contributed by atoms with van der Waals surface area (Å²) in [6, 6.07) is 14.5. The number of hydrogen-bond acceptors (Lipinski definition) is 2. The summed E-state index contributed by atoms with van der Waals surface area (Å²) in [7, 11) is 0. The zero-order valence-corrected chi connectivity index (χ0v) is 14.6. The van der Waals surface area contributed by atoms with Gasteiger partial charge in [0.05, 0.1) is 11.6 Å². The molecule has 0 spiro atoms. The maximum absolute atomic E-state index is 12.8. The largest absolute Gasteiger partial charge is 0.416 e. The molecule has 1 aliphatic rings. The molecule has 0 N–H and O–H groups in total. The number of β-lactam (4-membered cyclic amide) rings is 1. The lowest BCUT2D eigenvalue weighted by molar-refractivity contribution is -0.148. The Morgan fingerprint density at radius 2 is 1.60 bits per heavy atom.